The van der Waals surface area contributed by atoms with Gasteiger partial charge >= 0.3 is 17.9 Å². The van der Waals surface area contributed by atoms with Crippen molar-refractivity contribution in [1.82, 2.24) is 0 Å². The molecule has 60 heavy (non-hydrogen) atoms. The highest BCUT2D eigenvalue weighted by atomic mass is 16.6. The molecule has 6 heteroatoms. The highest BCUT2D eigenvalue weighted by Crippen LogP contribution is 2.16. The lowest BCUT2D eigenvalue weighted by molar-refractivity contribution is -0.167. The zero-order valence-electron chi connectivity index (χ0n) is 40.5. The van der Waals surface area contributed by atoms with Crippen molar-refractivity contribution in [3.8, 4) is 0 Å². The van der Waals surface area contributed by atoms with E-state index in [2.05, 4.69) is 32.9 Å². The van der Waals surface area contributed by atoms with E-state index in [9.17, 15) is 14.4 Å². The Bertz CT molecular complexity index is 931. The fourth-order valence-electron chi connectivity index (χ4n) is 7.97. The summed E-state index contributed by atoms with van der Waals surface area (Å²) >= 11 is 0. The number of esters is 3. The van der Waals surface area contributed by atoms with Gasteiger partial charge in [-0.05, 0) is 44.9 Å². The summed E-state index contributed by atoms with van der Waals surface area (Å²) in [6, 6.07) is 0. The third kappa shape index (κ3) is 47.2. The van der Waals surface area contributed by atoms with Crippen LogP contribution in [0.5, 0.6) is 0 Å². The van der Waals surface area contributed by atoms with Crippen LogP contribution in [0.4, 0.5) is 0 Å². The minimum absolute atomic E-state index is 0.0659. The Kier molecular flexibility index (Phi) is 48.3. The number of hydrogen-bond donors (Lipinski definition) is 0. The summed E-state index contributed by atoms with van der Waals surface area (Å²) in [6.45, 7) is 6.66. The van der Waals surface area contributed by atoms with Gasteiger partial charge in [-0.2, -0.15) is 0 Å². The van der Waals surface area contributed by atoms with Gasteiger partial charge < -0.3 is 14.2 Å². The van der Waals surface area contributed by atoms with Crippen LogP contribution in [0.1, 0.15) is 297 Å². The number of allylic oxidation sites excluding steroid dienone is 2. The third-order valence-electron chi connectivity index (χ3n) is 12.0. The first-order chi connectivity index (χ1) is 29.5. The van der Waals surface area contributed by atoms with Crippen molar-refractivity contribution >= 4 is 17.9 Å². The Balaban J connectivity index is 4.30. The van der Waals surface area contributed by atoms with Gasteiger partial charge in [-0.3, -0.25) is 14.4 Å². The average molecular weight is 847 g/mol. The molecule has 0 aromatic rings. The second-order valence-corrected chi connectivity index (χ2v) is 18.2. The Hall–Kier alpha value is -1.85. The molecule has 0 spiro atoms. The number of ether oxygens (including phenoxy) is 3. The molecule has 0 aliphatic carbocycles. The standard InChI is InChI=1S/C54H102O6/c1-4-7-10-13-16-19-22-24-26-27-28-30-32-35-38-41-44-47-53(56)59-50-51(49-58-52(55)46-43-40-37-34-31-21-18-15-12-9-6-3)60-54(57)48-45-42-39-36-33-29-25-23-20-17-14-11-8-5-2/h24,26,51H,4-23,25,27-50H2,1-3H3/b26-24-/t51-/m1/s1. The molecule has 0 unspecified atom stereocenters. The molecular weight excluding hydrogens is 745 g/mol. The Morgan fingerprint density at radius 3 is 0.833 bits per heavy atom. The highest BCUT2D eigenvalue weighted by Gasteiger charge is 2.19. The minimum Gasteiger partial charge on any atom is -0.462 e. The van der Waals surface area contributed by atoms with Crippen molar-refractivity contribution in [3.05, 3.63) is 12.2 Å². The topological polar surface area (TPSA) is 78.9 Å². The molecule has 1 atom stereocenters. The number of hydrogen-bond acceptors (Lipinski definition) is 6. The maximum absolute atomic E-state index is 12.8. The molecule has 0 bridgehead atoms. The van der Waals surface area contributed by atoms with E-state index in [-0.39, 0.29) is 31.1 Å². The van der Waals surface area contributed by atoms with Gasteiger partial charge in [0.15, 0.2) is 6.10 Å². The minimum atomic E-state index is -0.764. The molecule has 0 rings (SSSR count). The van der Waals surface area contributed by atoms with Crippen molar-refractivity contribution in [2.24, 2.45) is 0 Å². The van der Waals surface area contributed by atoms with E-state index in [1.165, 1.54) is 199 Å². The van der Waals surface area contributed by atoms with Crippen LogP contribution in [-0.2, 0) is 28.6 Å². The summed E-state index contributed by atoms with van der Waals surface area (Å²) in [7, 11) is 0. The van der Waals surface area contributed by atoms with Crippen LogP contribution in [0.2, 0.25) is 0 Å². The lowest BCUT2D eigenvalue weighted by atomic mass is 10.0. The summed E-state index contributed by atoms with van der Waals surface area (Å²) in [5.41, 5.74) is 0. The molecule has 6 nitrogen and oxygen atoms in total. The highest BCUT2D eigenvalue weighted by molar-refractivity contribution is 5.71. The largest absolute Gasteiger partial charge is 0.462 e. The van der Waals surface area contributed by atoms with E-state index in [0.29, 0.717) is 19.3 Å². The van der Waals surface area contributed by atoms with Crippen LogP contribution in [0.25, 0.3) is 0 Å². The molecule has 0 saturated carbocycles. The predicted octanol–water partition coefficient (Wildman–Crippen LogP) is 17.4. The average Bonchev–Trinajstić information content (AvgIpc) is 3.24. The van der Waals surface area contributed by atoms with Crippen molar-refractivity contribution in [3.63, 3.8) is 0 Å². The smallest absolute Gasteiger partial charge is 0.306 e. The number of unbranched alkanes of at least 4 members (excludes halogenated alkanes) is 36. The van der Waals surface area contributed by atoms with Crippen molar-refractivity contribution in [2.45, 2.75) is 303 Å². The van der Waals surface area contributed by atoms with Gasteiger partial charge in [-0.1, -0.05) is 245 Å². The first-order valence-electron chi connectivity index (χ1n) is 26.7. The SMILES string of the molecule is CCCCCCCC/C=C\CCCCCCCCCC(=O)OC[C@@H](COC(=O)CCCCCCCCCCCCC)OC(=O)CCCCCCCCCCCCCCCC. The number of carbonyl (C=O) groups is 3. The van der Waals surface area contributed by atoms with Crippen molar-refractivity contribution in [2.75, 3.05) is 13.2 Å². The van der Waals surface area contributed by atoms with Gasteiger partial charge in [0.25, 0.3) is 0 Å². The van der Waals surface area contributed by atoms with Crippen LogP contribution in [0.3, 0.4) is 0 Å². The summed E-state index contributed by atoms with van der Waals surface area (Å²) in [5, 5.41) is 0. The molecule has 0 heterocycles. The molecule has 0 radical (unpaired) electrons. The quantitative estimate of drug-likeness (QED) is 0.0263. The van der Waals surface area contributed by atoms with Gasteiger partial charge in [-0.25, -0.2) is 0 Å². The third-order valence-corrected chi connectivity index (χ3v) is 12.0. The molecule has 0 aromatic carbocycles. The molecule has 0 amide bonds. The maximum Gasteiger partial charge on any atom is 0.306 e. The fourth-order valence-corrected chi connectivity index (χ4v) is 7.97. The van der Waals surface area contributed by atoms with Crippen LogP contribution in [0, 0.1) is 0 Å². The van der Waals surface area contributed by atoms with Crippen LogP contribution < -0.4 is 0 Å². The first kappa shape index (κ1) is 58.1. The fraction of sp³-hybridized carbons (Fsp3) is 0.907. The summed E-state index contributed by atoms with van der Waals surface area (Å²) < 4.78 is 16.8. The second-order valence-electron chi connectivity index (χ2n) is 18.2. The van der Waals surface area contributed by atoms with Gasteiger partial charge in [0.1, 0.15) is 13.2 Å². The van der Waals surface area contributed by atoms with Crippen molar-refractivity contribution in [1.29, 1.82) is 0 Å². The van der Waals surface area contributed by atoms with E-state index in [1.807, 2.05) is 0 Å². The summed E-state index contributed by atoms with van der Waals surface area (Å²) in [5.74, 6) is -0.853. The molecule has 0 aromatic heterocycles. The van der Waals surface area contributed by atoms with E-state index >= 15 is 0 Å². The van der Waals surface area contributed by atoms with E-state index < -0.39 is 6.10 Å². The molecular formula is C54H102O6. The summed E-state index contributed by atoms with van der Waals surface area (Å²) in [6.07, 6.45) is 54.8. The maximum atomic E-state index is 12.8. The van der Waals surface area contributed by atoms with Crippen LogP contribution >= 0.6 is 0 Å². The Morgan fingerprint density at radius 1 is 0.317 bits per heavy atom. The Labute approximate surface area is 373 Å². The summed E-state index contributed by atoms with van der Waals surface area (Å²) in [4.78, 5) is 37.9. The lowest BCUT2D eigenvalue weighted by Crippen LogP contribution is -2.30. The Morgan fingerprint density at radius 2 is 0.550 bits per heavy atom. The van der Waals surface area contributed by atoms with Crippen LogP contribution in [0.15, 0.2) is 12.2 Å². The molecule has 0 saturated heterocycles. The predicted molar refractivity (Wildman–Crippen MR) is 256 cm³/mol. The number of rotatable bonds is 49. The normalized spacial score (nSPS) is 12.0. The molecule has 0 fully saturated rings. The molecule has 0 N–H and O–H groups in total. The zero-order valence-corrected chi connectivity index (χ0v) is 40.5. The van der Waals surface area contributed by atoms with Gasteiger partial charge in [-0.15, -0.1) is 0 Å². The van der Waals surface area contributed by atoms with Crippen molar-refractivity contribution < 1.29 is 28.6 Å². The molecule has 354 valence electrons. The molecule has 0 aliphatic heterocycles. The van der Waals surface area contributed by atoms with E-state index in [0.717, 1.165) is 57.8 Å². The van der Waals surface area contributed by atoms with Gasteiger partial charge in [0.2, 0.25) is 0 Å². The number of carbonyl (C=O) groups excluding carboxylic acids is 3. The van der Waals surface area contributed by atoms with E-state index in [4.69, 9.17) is 14.2 Å². The van der Waals surface area contributed by atoms with Gasteiger partial charge in [0, 0.05) is 19.3 Å². The zero-order chi connectivity index (χ0) is 43.7. The second kappa shape index (κ2) is 49.8. The first-order valence-corrected chi connectivity index (χ1v) is 26.7. The monoisotopic (exact) mass is 847 g/mol. The lowest BCUT2D eigenvalue weighted by Gasteiger charge is -2.18. The van der Waals surface area contributed by atoms with Crippen LogP contribution in [-0.4, -0.2) is 37.2 Å². The van der Waals surface area contributed by atoms with E-state index in [1.54, 1.807) is 0 Å². The van der Waals surface area contributed by atoms with Gasteiger partial charge in [0.05, 0.1) is 0 Å². The molecule has 0 aliphatic rings.